The molecule has 3 atom stereocenters. The monoisotopic (exact) mass is 519 g/mol. The highest BCUT2D eigenvalue weighted by molar-refractivity contribution is 6.31. The van der Waals surface area contributed by atoms with Crippen LogP contribution in [0.25, 0.3) is 0 Å². The molecule has 6 nitrogen and oxygen atoms in total. The third kappa shape index (κ3) is 3.50. The van der Waals surface area contributed by atoms with Crippen molar-refractivity contribution in [3.63, 3.8) is 0 Å². The number of carbonyl (C=O) groups excluding carboxylic acids is 2. The van der Waals surface area contributed by atoms with E-state index in [2.05, 4.69) is 29.5 Å². The van der Waals surface area contributed by atoms with Crippen LogP contribution < -0.4 is 10.6 Å². The first-order valence-electron chi connectivity index (χ1n) is 11.9. The van der Waals surface area contributed by atoms with Crippen LogP contribution in [0.4, 0.5) is 10.1 Å². The van der Waals surface area contributed by atoms with E-state index >= 15 is 4.39 Å². The molecule has 3 aliphatic rings. The van der Waals surface area contributed by atoms with Crippen molar-refractivity contribution in [2.24, 2.45) is 5.41 Å². The summed E-state index contributed by atoms with van der Waals surface area (Å²) in [6, 6.07) is 5.80. The van der Waals surface area contributed by atoms with Crippen LogP contribution in [0.1, 0.15) is 63.5 Å². The topological polar surface area (TPSA) is 80.3 Å². The van der Waals surface area contributed by atoms with E-state index < -0.39 is 34.7 Å². The first kappa shape index (κ1) is 24.5. The number of halogens is 3. The number of nitrogens with one attached hydrogen (secondary N) is 2. The third-order valence-corrected chi connectivity index (χ3v) is 8.71. The first-order valence-corrected chi connectivity index (χ1v) is 12.7. The Balaban J connectivity index is 1.82. The Morgan fingerprint density at radius 2 is 1.91 bits per heavy atom. The predicted octanol–water partition coefficient (Wildman–Crippen LogP) is 5.38. The summed E-state index contributed by atoms with van der Waals surface area (Å²) in [4.78, 5) is 31.4. The molecule has 2 N–H and O–H groups in total. The van der Waals surface area contributed by atoms with Gasteiger partial charge >= 0.3 is 5.97 Å². The second-order valence-electron chi connectivity index (χ2n) is 10.6. The molecule has 35 heavy (non-hydrogen) atoms. The second-order valence-corrected chi connectivity index (χ2v) is 11.3. The van der Waals surface area contributed by atoms with Crippen LogP contribution in [-0.2, 0) is 19.7 Å². The van der Waals surface area contributed by atoms with Gasteiger partial charge in [0.2, 0.25) is 5.91 Å². The fourth-order valence-electron chi connectivity index (χ4n) is 6.54. The largest absolute Gasteiger partial charge is 0.465 e. The summed E-state index contributed by atoms with van der Waals surface area (Å²) in [6.07, 6.45) is 4.32. The van der Waals surface area contributed by atoms with Crippen molar-refractivity contribution in [1.29, 1.82) is 0 Å². The molecule has 2 aliphatic heterocycles. The van der Waals surface area contributed by atoms with Crippen LogP contribution >= 0.6 is 23.2 Å². The molecular weight excluding hydrogens is 492 g/mol. The Hall–Kier alpha value is -2.22. The molecule has 1 saturated heterocycles. The number of hydrogen-bond donors (Lipinski definition) is 2. The van der Waals surface area contributed by atoms with Crippen LogP contribution in [0.15, 0.2) is 30.5 Å². The second kappa shape index (κ2) is 8.43. The van der Waals surface area contributed by atoms with Crippen LogP contribution in [-0.4, -0.2) is 35.0 Å². The molecule has 2 spiro atoms. The zero-order valence-electron chi connectivity index (χ0n) is 19.9. The standard InChI is InChI=1S/C26H28Cl2FN3O3/c1-4-35-22(33)20-18(15-7-12-30-21(28)19(15)29)26(25(32-20)10-8-24(2,3)9-11-25)16-6-5-14(27)13-17(16)31-23(26)34/h5-7,12-13,18,20,32H,4,8-11H2,1-3H3,(H,31,34)/t18-,20-,26-/m1/s1. The highest BCUT2D eigenvalue weighted by Gasteiger charge is 2.73. The number of esters is 1. The van der Waals surface area contributed by atoms with Gasteiger partial charge in [-0.2, -0.15) is 0 Å². The van der Waals surface area contributed by atoms with Gasteiger partial charge in [0.05, 0.1) is 6.61 Å². The van der Waals surface area contributed by atoms with Crippen molar-refractivity contribution >= 4 is 40.8 Å². The number of amides is 1. The highest BCUT2D eigenvalue weighted by atomic mass is 35.5. The molecule has 0 radical (unpaired) electrons. The van der Waals surface area contributed by atoms with E-state index in [1.807, 2.05) is 6.07 Å². The molecule has 1 aromatic heterocycles. The number of ether oxygens (including phenoxy) is 1. The molecule has 2 aromatic rings. The molecule has 1 amide bonds. The number of rotatable bonds is 3. The predicted molar refractivity (Wildman–Crippen MR) is 132 cm³/mol. The van der Waals surface area contributed by atoms with Gasteiger partial charge in [-0.05, 0) is 67.3 Å². The average Bonchev–Trinajstić information content (AvgIpc) is 3.26. The van der Waals surface area contributed by atoms with Gasteiger partial charge in [-0.1, -0.05) is 43.1 Å². The summed E-state index contributed by atoms with van der Waals surface area (Å²) < 4.78 is 21.1. The molecule has 0 unspecified atom stereocenters. The number of benzene rings is 1. The number of hydrogen-bond acceptors (Lipinski definition) is 5. The molecule has 9 heteroatoms. The Labute approximate surface area is 213 Å². The lowest BCUT2D eigenvalue weighted by atomic mass is 9.53. The Morgan fingerprint density at radius 3 is 2.60 bits per heavy atom. The van der Waals surface area contributed by atoms with Crippen LogP contribution in [0.2, 0.25) is 10.2 Å². The van der Waals surface area contributed by atoms with Crippen molar-refractivity contribution in [2.45, 2.75) is 69.4 Å². The van der Waals surface area contributed by atoms with Crippen molar-refractivity contribution in [3.05, 3.63) is 57.6 Å². The van der Waals surface area contributed by atoms with Crippen molar-refractivity contribution < 1.29 is 18.7 Å². The smallest absolute Gasteiger partial charge is 0.323 e. The number of carbonyl (C=O) groups is 2. The van der Waals surface area contributed by atoms with Gasteiger partial charge in [-0.3, -0.25) is 14.9 Å². The van der Waals surface area contributed by atoms with E-state index in [9.17, 15) is 9.59 Å². The molecule has 1 aromatic carbocycles. The molecule has 186 valence electrons. The average molecular weight is 520 g/mol. The summed E-state index contributed by atoms with van der Waals surface area (Å²) in [5.41, 5.74) is -0.584. The van der Waals surface area contributed by atoms with Crippen molar-refractivity contribution in [2.75, 3.05) is 11.9 Å². The van der Waals surface area contributed by atoms with Gasteiger partial charge in [-0.15, -0.1) is 0 Å². The quantitative estimate of drug-likeness (QED) is 0.420. The molecule has 2 fully saturated rings. The summed E-state index contributed by atoms with van der Waals surface area (Å²) in [6.45, 7) is 6.29. The lowest BCUT2D eigenvalue weighted by molar-refractivity contribution is -0.146. The summed E-state index contributed by atoms with van der Waals surface area (Å²) in [5, 5.41) is 6.72. The maximum absolute atomic E-state index is 15.6. The van der Waals surface area contributed by atoms with Crippen LogP contribution in [0, 0.1) is 11.2 Å². The fraction of sp³-hybridized carbons (Fsp3) is 0.500. The van der Waals surface area contributed by atoms with Crippen LogP contribution in [0.5, 0.6) is 0 Å². The lowest BCUT2D eigenvalue weighted by Gasteiger charge is -2.50. The van der Waals surface area contributed by atoms with Gasteiger partial charge in [0.15, 0.2) is 11.0 Å². The fourth-order valence-corrected chi connectivity index (χ4v) is 6.88. The normalized spacial score (nSPS) is 28.2. The van der Waals surface area contributed by atoms with Gasteiger partial charge in [0, 0.05) is 28.4 Å². The summed E-state index contributed by atoms with van der Waals surface area (Å²) >= 11 is 12.4. The number of pyridine rings is 1. The van der Waals surface area contributed by atoms with E-state index in [1.165, 1.54) is 12.3 Å². The Morgan fingerprint density at radius 1 is 1.20 bits per heavy atom. The zero-order valence-corrected chi connectivity index (χ0v) is 21.4. The minimum absolute atomic E-state index is 0.0781. The van der Waals surface area contributed by atoms with E-state index in [-0.39, 0.29) is 28.6 Å². The van der Waals surface area contributed by atoms with Crippen LogP contribution in [0.3, 0.4) is 0 Å². The lowest BCUT2D eigenvalue weighted by Crippen LogP contribution is -2.61. The number of anilines is 1. The number of nitrogens with zero attached hydrogens (tertiary/aromatic N) is 1. The van der Waals surface area contributed by atoms with E-state index in [1.54, 1.807) is 19.1 Å². The maximum Gasteiger partial charge on any atom is 0.323 e. The number of fused-ring (bicyclic) bond motifs is 3. The SMILES string of the molecule is CCOC(=O)[C@@H]1NC2(CCC(C)(C)CC2)[C@@]2(C(=O)Nc3cc(Cl)ccc32)[C@@H]1c1ccnc(Cl)c1F. The Kier molecular flexibility index (Phi) is 5.89. The molecule has 1 aliphatic carbocycles. The third-order valence-electron chi connectivity index (χ3n) is 8.21. The maximum atomic E-state index is 15.6. The molecular formula is C26H28Cl2FN3O3. The van der Waals surface area contributed by atoms with E-state index in [0.717, 1.165) is 12.8 Å². The van der Waals surface area contributed by atoms with E-state index in [4.69, 9.17) is 27.9 Å². The molecule has 1 saturated carbocycles. The van der Waals surface area contributed by atoms with Gasteiger partial charge in [0.1, 0.15) is 11.5 Å². The van der Waals surface area contributed by atoms with Crippen molar-refractivity contribution in [3.8, 4) is 0 Å². The van der Waals surface area contributed by atoms with E-state index in [0.29, 0.717) is 29.1 Å². The molecule has 3 heterocycles. The van der Waals surface area contributed by atoms with Gasteiger partial charge in [0.25, 0.3) is 0 Å². The van der Waals surface area contributed by atoms with Gasteiger partial charge < -0.3 is 10.1 Å². The Bertz CT molecular complexity index is 1210. The molecule has 5 rings (SSSR count). The van der Waals surface area contributed by atoms with Gasteiger partial charge in [-0.25, -0.2) is 9.37 Å². The van der Waals surface area contributed by atoms with Crippen molar-refractivity contribution in [1.82, 2.24) is 10.3 Å². The number of aromatic nitrogens is 1. The minimum Gasteiger partial charge on any atom is -0.465 e. The molecule has 0 bridgehead atoms. The summed E-state index contributed by atoms with van der Waals surface area (Å²) in [7, 11) is 0. The summed E-state index contributed by atoms with van der Waals surface area (Å²) in [5.74, 6) is -2.46. The highest BCUT2D eigenvalue weighted by Crippen LogP contribution is 2.64. The minimum atomic E-state index is -1.29. The zero-order chi connectivity index (χ0) is 25.2. The first-order chi connectivity index (χ1) is 16.6.